The van der Waals surface area contributed by atoms with Gasteiger partial charge in [0, 0.05) is 24.7 Å². The molecule has 45 heavy (non-hydrogen) atoms. The second-order valence-corrected chi connectivity index (χ2v) is 12.9. The first-order chi connectivity index (χ1) is 21.2. The summed E-state index contributed by atoms with van der Waals surface area (Å²) in [7, 11) is 0. The van der Waals surface area contributed by atoms with E-state index < -0.39 is 41.5 Å². The predicted molar refractivity (Wildman–Crippen MR) is 160 cm³/mol. The summed E-state index contributed by atoms with van der Waals surface area (Å²) in [4.78, 5) is 44.2. The molecule has 1 aliphatic carbocycles. The zero-order valence-electron chi connectivity index (χ0n) is 24.8. The third-order valence-electron chi connectivity index (χ3n) is 7.09. The summed E-state index contributed by atoms with van der Waals surface area (Å²) in [5.41, 5.74) is -0.499. The predicted octanol–water partition coefficient (Wildman–Crippen LogP) is 6.12. The van der Waals surface area contributed by atoms with Crippen molar-refractivity contribution >= 4 is 45.8 Å². The quantitative estimate of drug-likeness (QED) is 0.263. The molecule has 11 nitrogen and oxygen atoms in total. The lowest BCUT2D eigenvalue weighted by Gasteiger charge is -2.25. The SMILES string of the molecule is CC(C)(C)OC(=O)Nc1sc(-c2ccccc2F)nc1C(=O)Nc1cnn(C2CC2)c1N1CCC[C@@H](NC(=O)C(F)(F)F)CC1. The zero-order valence-corrected chi connectivity index (χ0v) is 25.6. The van der Waals surface area contributed by atoms with Gasteiger partial charge in [0.15, 0.2) is 11.5 Å². The number of carbonyl (C=O) groups excluding carboxylic acids is 3. The molecule has 3 heterocycles. The highest BCUT2D eigenvalue weighted by atomic mass is 32.1. The third kappa shape index (κ3) is 7.90. The Balaban J connectivity index is 1.41. The van der Waals surface area contributed by atoms with Crippen LogP contribution in [0.4, 0.5) is 38.9 Å². The van der Waals surface area contributed by atoms with Crippen molar-refractivity contribution in [1.29, 1.82) is 0 Å². The second kappa shape index (κ2) is 12.7. The Hall–Kier alpha value is -4.21. The standard InChI is InChI=1S/C29H33F4N7O4S/c1-28(2,3)44-27(43)38-24-21(37-23(45-24)18-8-4-5-9-19(18)30)22(41)36-20-15-34-40(17-10-11-17)25(20)39-13-6-7-16(12-14-39)35-26(42)29(31,32)33/h4-5,8-9,15-17H,6-7,10-14H2,1-3H3,(H,35,42)(H,36,41)(H,38,43)/t16-/m1/s1. The molecule has 2 aromatic heterocycles. The van der Waals surface area contributed by atoms with Crippen LogP contribution in [0.2, 0.25) is 0 Å². The molecule has 5 rings (SSSR count). The van der Waals surface area contributed by atoms with Gasteiger partial charge < -0.3 is 20.3 Å². The largest absolute Gasteiger partial charge is 0.471 e. The lowest BCUT2D eigenvalue weighted by atomic mass is 10.1. The van der Waals surface area contributed by atoms with Gasteiger partial charge in [0.05, 0.1) is 12.2 Å². The van der Waals surface area contributed by atoms with Gasteiger partial charge in [-0.25, -0.2) is 18.9 Å². The molecule has 1 saturated carbocycles. The molecule has 0 radical (unpaired) electrons. The molecule has 3 aromatic rings. The highest BCUT2D eigenvalue weighted by Crippen LogP contribution is 2.41. The number of anilines is 3. The van der Waals surface area contributed by atoms with Crippen molar-refractivity contribution in [2.45, 2.75) is 76.7 Å². The molecule has 1 saturated heterocycles. The maximum absolute atomic E-state index is 14.6. The summed E-state index contributed by atoms with van der Waals surface area (Å²) >= 11 is 0.912. The van der Waals surface area contributed by atoms with Crippen LogP contribution in [0.5, 0.6) is 0 Å². The normalized spacial score (nSPS) is 17.4. The molecule has 16 heteroatoms. The van der Waals surface area contributed by atoms with E-state index in [1.54, 1.807) is 31.5 Å². The second-order valence-electron chi connectivity index (χ2n) is 11.9. The number of benzene rings is 1. The van der Waals surface area contributed by atoms with Crippen LogP contribution in [-0.4, -0.2) is 63.6 Å². The van der Waals surface area contributed by atoms with Crippen molar-refractivity contribution in [3.63, 3.8) is 0 Å². The monoisotopic (exact) mass is 651 g/mol. The van der Waals surface area contributed by atoms with Gasteiger partial charge in [-0.05, 0) is 65.0 Å². The van der Waals surface area contributed by atoms with Gasteiger partial charge in [-0.1, -0.05) is 23.5 Å². The fourth-order valence-corrected chi connectivity index (χ4v) is 5.93. The molecule has 0 unspecified atom stereocenters. The molecule has 3 amide bonds. The molecule has 0 spiro atoms. The number of nitrogens with zero attached hydrogens (tertiary/aromatic N) is 4. The number of ether oxygens (including phenoxy) is 1. The molecule has 242 valence electrons. The maximum atomic E-state index is 14.6. The van der Waals surface area contributed by atoms with Crippen molar-refractivity contribution in [3.8, 4) is 10.6 Å². The first-order valence-electron chi connectivity index (χ1n) is 14.5. The van der Waals surface area contributed by atoms with Crippen LogP contribution in [0.1, 0.15) is 69.4 Å². The number of hydrogen-bond donors (Lipinski definition) is 3. The van der Waals surface area contributed by atoms with E-state index in [2.05, 4.69) is 26.0 Å². The van der Waals surface area contributed by atoms with Gasteiger partial charge in [-0.2, -0.15) is 18.3 Å². The lowest BCUT2D eigenvalue weighted by molar-refractivity contribution is -0.174. The molecule has 3 N–H and O–H groups in total. The van der Waals surface area contributed by atoms with E-state index in [-0.39, 0.29) is 33.7 Å². The van der Waals surface area contributed by atoms with E-state index in [1.165, 1.54) is 24.4 Å². The minimum atomic E-state index is -4.97. The summed E-state index contributed by atoms with van der Waals surface area (Å²) in [5, 5.41) is 12.2. The summed E-state index contributed by atoms with van der Waals surface area (Å²) in [6.45, 7) is 5.83. The summed E-state index contributed by atoms with van der Waals surface area (Å²) in [6, 6.07) is 5.36. The van der Waals surface area contributed by atoms with Crippen molar-refractivity contribution < 1.29 is 36.7 Å². The van der Waals surface area contributed by atoms with Crippen LogP contribution in [0, 0.1) is 5.82 Å². The minimum Gasteiger partial charge on any atom is -0.444 e. The van der Waals surface area contributed by atoms with Crippen LogP contribution in [0.25, 0.3) is 10.6 Å². The third-order valence-corrected chi connectivity index (χ3v) is 8.10. The average Bonchev–Trinajstić information content (AvgIpc) is 3.64. The molecular weight excluding hydrogens is 618 g/mol. The molecule has 2 fully saturated rings. The van der Waals surface area contributed by atoms with Crippen LogP contribution in [-0.2, 0) is 9.53 Å². The summed E-state index contributed by atoms with van der Waals surface area (Å²) in [5.74, 6) is -2.63. The first-order valence-corrected chi connectivity index (χ1v) is 15.3. The van der Waals surface area contributed by atoms with Crippen molar-refractivity contribution in [1.82, 2.24) is 20.1 Å². The van der Waals surface area contributed by atoms with Crippen LogP contribution < -0.4 is 20.9 Å². The zero-order chi connectivity index (χ0) is 32.5. The van der Waals surface area contributed by atoms with Crippen molar-refractivity contribution in [2.75, 3.05) is 28.6 Å². The van der Waals surface area contributed by atoms with Crippen LogP contribution in [0.15, 0.2) is 30.5 Å². The van der Waals surface area contributed by atoms with Gasteiger partial charge in [0.1, 0.15) is 27.1 Å². The summed E-state index contributed by atoms with van der Waals surface area (Å²) < 4.78 is 60.3. The number of rotatable bonds is 7. The fourth-order valence-electron chi connectivity index (χ4n) is 4.95. The Morgan fingerprint density at radius 2 is 1.76 bits per heavy atom. The van der Waals surface area contributed by atoms with Gasteiger partial charge in [-0.3, -0.25) is 14.9 Å². The number of aromatic nitrogens is 3. The maximum Gasteiger partial charge on any atom is 0.471 e. The van der Waals surface area contributed by atoms with E-state index in [9.17, 15) is 31.9 Å². The van der Waals surface area contributed by atoms with E-state index in [4.69, 9.17) is 4.74 Å². The van der Waals surface area contributed by atoms with E-state index in [0.29, 0.717) is 37.4 Å². The van der Waals surface area contributed by atoms with Crippen LogP contribution in [0.3, 0.4) is 0 Å². The molecule has 1 aliphatic heterocycles. The Morgan fingerprint density at radius 3 is 2.42 bits per heavy atom. The Bertz CT molecular complexity index is 1580. The van der Waals surface area contributed by atoms with E-state index >= 15 is 0 Å². The van der Waals surface area contributed by atoms with Crippen molar-refractivity contribution in [2.24, 2.45) is 0 Å². The number of amides is 3. The molecular formula is C29H33F4N7O4S. The Morgan fingerprint density at radius 1 is 1.02 bits per heavy atom. The molecule has 1 aromatic carbocycles. The van der Waals surface area contributed by atoms with Crippen molar-refractivity contribution in [3.05, 3.63) is 42.0 Å². The van der Waals surface area contributed by atoms with E-state index in [1.807, 2.05) is 4.90 Å². The number of alkyl halides is 3. The van der Waals surface area contributed by atoms with E-state index in [0.717, 1.165) is 24.2 Å². The number of hydrogen-bond acceptors (Lipinski definition) is 8. The highest BCUT2D eigenvalue weighted by Gasteiger charge is 2.40. The number of halogens is 4. The fraction of sp³-hybridized carbons (Fsp3) is 0.483. The minimum absolute atomic E-state index is 0.0501. The number of nitrogens with one attached hydrogen (secondary N) is 3. The molecule has 1 atom stereocenters. The topological polar surface area (TPSA) is 130 Å². The Labute approximate surface area is 260 Å². The average molecular weight is 652 g/mol. The number of carbonyl (C=O) groups is 3. The first kappa shape index (κ1) is 32.2. The molecule has 0 bridgehead atoms. The summed E-state index contributed by atoms with van der Waals surface area (Å²) in [6.07, 6.45) is -1.43. The number of thiazole rings is 1. The lowest BCUT2D eigenvalue weighted by Crippen LogP contribution is -2.43. The van der Waals surface area contributed by atoms with Crippen LogP contribution >= 0.6 is 11.3 Å². The Kier molecular flexibility index (Phi) is 9.05. The van der Waals surface area contributed by atoms with Gasteiger partial charge in [0.25, 0.3) is 5.91 Å². The van der Waals surface area contributed by atoms with Gasteiger partial charge >= 0.3 is 18.2 Å². The van der Waals surface area contributed by atoms with Gasteiger partial charge in [-0.15, -0.1) is 0 Å². The van der Waals surface area contributed by atoms with Gasteiger partial charge in [0.2, 0.25) is 0 Å². The smallest absolute Gasteiger partial charge is 0.444 e. The highest BCUT2D eigenvalue weighted by molar-refractivity contribution is 7.19. The molecule has 2 aliphatic rings.